The van der Waals surface area contributed by atoms with Gasteiger partial charge in [0, 0.05) is 17.8 Å². The Morgan fingerprint density at radius 1 is 1.30 bits per heavy atom. The highest BCUT2D eigenvalue weighted by Crippen LogP contribution is 2.33. The fourth-order valence-corrected chi connectivity index (χ4v) is 2.77. The zero-order chi connectivity index (χ0) is 16.4. The average Bonchev–Trinajstić information content (AvgIpc) is 2.53. The molecule has 1 atom stereocenters. The smallest absolute Gasteiger partial charge is 0.232 e. The van der Waals surface area contributed by atoms with E-state index in [2.05, 4.69) is 10.6 Å². The van der Waals surface area contributed by atoms with Gasteiger partial charge in [-0.3, -0.25) is 9.59 Å². The van der Waals surface area contributed by atoms with Gasteiger partial charge in [0.15, 0.2) is 0 Å². The van der Waals surface area contributed by atoms with Gasteiger partial charge in [-0.1, -0.05) is 25.1 Å². The molecule has 3 rings (SSSR count). The molecule has 5 heteroatoms. The summed E-state index contributed by atoms with van der Waals surface area (Å²) in [5, 5.41) is 5.46. The zero-order valence-electron chi connectivity index (χ0n) is 12.7. The molecule has 23 heavy (non-hydrogen) atoms. The van der Waals surface area contributed by atoms with Crippen molar-refractivity contribution in [2.75, 3.05) is 10.6 Å². The van der Waals surface area contributed by atoms with E-state index in [-0.39, 0.29) is 18.2 Å². The maximum absolute atomic E-state index is 13.3. The second-order valence-electron chi connectivity index (χ2n) is 5.58. The van der Waals surface area contributed by atoms with Crippen molar-refractivity contribution < 1.29 is 14.0 Å². The average molecular weight is 312 g/mol. The monoisotopic (exact) mass is 312 g/mol. The van der Waals surface area contributed by atoms with E-state index in [1.54, 1.807) is 6.07 Å². The predicted octanol–water partition coefficient (Wildman–Crippen LogP) is 3.45. The highest BCUT2D eigenvalue weighted by atomic mass is 19.1. The zero-order valence-corrected chi connectivity index (χ0v) is 12.7. The summed E-state index contributed by atoms with van der Waals surface area (Å²) in [6.45, 7) is 2.04. The topological polar surface area (TPSA) is 58.2 Å². The van der Waals surface area contributed by atoms with Gasteiger partial charge in [-0.25, -0.2) is 4.39 Å². The molecule has 0 spiro atoms. The van der Waals surface area contributed by atoms with Crippen molar-refractivity contribution in [3.63, 3.8) is 0 Å². The first-order valence-corrected chi connectivity index (χ1v) is 7.56. The fraction of sp³-hybridized carbons (Fsp3) is 0.222. The van der Waals surface area contributed by atoms with Crippen LogP contribution in [0, 0.1) is 5.82 Å². The quantitative estimate of drug-likeness (QED) is 0.912. The van der Waals surface area contributed by atoms with Crippen LogP contribution in [0.15, 0.2) is 42.5 Å². The predicted molar refractivity (Wildman–Crippen MR) is 86.8 cm³/mol. The molecule has 0 saturated carbocycles. The van der Waals surface area contributed by atoms with Crippen LogP contribution in [0.5, 0.6) is 0 Å². The Balaban J connectivity index is 1.86. The Labute approximate surface area is 133 Å². The molecular weight excluding hydrogens is 295 g/mol. The first kappa shape index (κ1) is 15.2. The first-order chi connectivity index (χ1) is 11.1. The lowest BCUT2D eigenvalue weighted by Gasteiger charge is -2.25. The minimum atomic E-state index is -0.621. The molecule has 1 aliphatic rings. The number of rotatable bonds is 3. The summed E-state index contributed by atoms with van der Waals surface area (Å²) in [7, 11) is 0. The Bertz CT molecular complexity index is 773. The molecule has 2 N–H and O–H groups in total. The van der Waals surface area contributed by atoms with Crippen LogP contribution < -0.4 is 10.6 Å². The lowest BCUT2D eigenvalue weighted by Crippen LogP contribution is -2.30. The molecule has 118 valence electrons. The molecule has 0 fully saturated rings. The van der Waals surface area contributed by atoms with E-state index < -0.39 is 11.7 Å². The maximum Gasteiger partial charge on any atom is 0.232 e. The van der Waals surface area contributed by atoms with Crippen LogP contribution in [0.25, 0.3) is 0 Å². The number of carbonyl (C=O) groups excluding carboxylic acids is 2. The van der Waals surface area contributed by atoms with Gasteiger partial charge in [0.25, 0.3) is 0 Å². The molecular formula is C18H17FN2O2. The standard InChI is InChI=1S/C18H17FN2O2/c1-2-11-4-3-5-13(8-11)20-18(23)15-10-17(22)21-16-9-12(19)6-7-14(15)16/h3-9,15H,2,10H2,1H3,(H,20,23)(H,21,22)/t15-/m1/s1. The summed E-state index contributed by atoms with van der Waals surface area (Å²) >= 11 is 0. The van der Waals surface area contributed by atoms with Crippen LogP contribution in [0.4, 0.5) is 15.8 Å². The maximum atomic E-state index is 13.3. The molecule has 0 aromatic heterocycles. The Morgan fingerprint density at radius 2 is 2.13 bits per heavy atom. The van der Waals surface area contributed by atoms with E-state index in [1.165, 1.54) is 12.1 Å². The first-order valence-electron chi connectivity index (χ1n) is 7.56. The van der Waals surface area contributed by atoms with Gasteiger partial charge in [0.05, 0.1) is 5.92 Å². The number of hydrogen-bond donors (Lipinski definition) is 2. The molecule has 1 aliphatic heterocycles. The number of aryl methyl sites for hydroxylation is 1. The van der Waals surface area contributed by atoms with E-state index in [4.69, 9.17) is 0 Å². The molecule has 0 bridgehead atoms. The van der Waals surface area contributed by atoms with Gasteiger partial charge >= 0.3 is 0 Å². The number of carbonyl (C=O) groups is 2. The van der Waals surface area contributed by atoms with Crippen molar-refractivity contribution in [1.82, 2.24) is 0 Å². The number of anilines is 2. The van der Waals surface area contributed by atoms with E-state index in [0.717, 1.165) is 12.0 Å². The number of amides is 2. The summed E-state index contributed by atoms with van der Waals surface area (Å²) in [6, 6.07) is 11.7. The van der Waals surface area contributed by atoms with E-state index in [1.807, 2.05) is 31.2 Å². The summed E-state index contributed by atoms with van der Waals surface area (Å²) < 4.78 is 13.3. The minimum absolute atomic E-state index is 0.0535. The van der Waals surface area contributed by atoms with Gasteiger partial charge in [-0.15, -0.1) is 0 Å². The lowest BCUT2D eigenvalue weighted by atomic mass is 9.89. The van der Waals surface area contributed by atoms with E-state index in [9.17, 15) is 14.0 Å². The van der Waals surface area contributed by atoms with Crippen molar-refractivity contribution in [3.8, 4) is 0 Å². The number of fused-ring (bicyclic) bond motifs is 1. The third kappa shape index (κ3) is 3.23. The van der Waals surface area contributed by atoms with Gasteiger partial charge in [0.1, 0.15) is 5.82 Å². The molecule has 0 aliphatic carbocycles. The molecule has 0 unspecified atom stereocenters. The SMILES string of the molecule is CCc1cccc(NC(=O)[C@@H]2CC(=O)Nc3cc(F)ccc32)c1. The van der Waals surface area contributed by atoms with Gasteiger partial charge in [-0.2, -0.15) is 0 Å². The van der Waals surface area contributed by atoms with Crippen molar-refractivity contribution in [2.45, 2.75) is 25.7 Å². The van der Waals surface area contributed by atoms with Crippen LogP contribution in [-0.4, -0.2) is 11.8 Å². The van der Waals surface area contributed by atoms with Crippen LogP contribution in [0.3, 0.4) is 0 Å². The van der Waals surface area contributed by atoms with Gasteiger partial charge < -0.3 is 10.6 Å². The number of benzene rings is 2. The summed E-state index contributed by atoms with van der Waals surface area (Å²) in [5.41, 5.74) is 2.81. The summed E-state index contributed by atoms with van der Waals surface area (Å²) in [6.07, 6.45) is 0.926. The van der Waals surface area contributed by atoms with Crippen molar-refractivity contribution in [3.05, 3.63) is 59.4 Å². The number of hydrogen-bond acceptors (Lipinski definition) is 2. The highest BCUT2D eigenvalue weighted by Gasteiger charge is 2.31. The highest BCUT2D eigenvalue weighted by molar-refractivity contribution is 6.05. The molecule has 1 heterocycles. The van der Waals surface area contributed by atoms with Crippen LogP contribution >= 0.6 is 0 Å². The molecule has 2 aromatic rings. The molecule has 4 nitrogen and oxygen atoms in total. The third-order valence-corrected chi connectivity index (χ3v) is 3.97. The van der Waals surface area contributed by atoms with Crippen LogP contribution in [0.1, 0.15) is 30.4 Å². The van der Waals surface area contributed by atoms with Gasteiger partial charge in [0.2, 0.25) is 11.8 Å². The molecule has 2 aromatic carbocycles. The van der Waals surface area contributed by atoms with Gasteiger partial charge in [-0.05, 0) is 41.8 Å². The van der Waals surface area contributed by atoms with Crippen molar-refractivity contribution in [1.29, 1.82) is 0 Å². The lowest BCUT2D eigenvalue weighted by molar-refractivity contribution is -0.123. The summed E-state index contributed by atoms with van der Waals surface area (Å²) in [5.74, 6) is -1.61. The minimum Gasteiger partial charge on any atom is -0.326 e. The normalized spacial score (nSPS) is 16.4. The van der Waals surface area contributed by atoms with Crippen LogP contribution in [0.2, 0.25) is 0 Å². The largest absolute Gasteiger partial charge is 0.326 e. The fourth-order valence-electron chi connectivity index (χ4n) is 2.77. The summed E-state index contributed by atoms with van der Waals surface area (Å²) in [4.78, 5) is 24.4. The Kier molecular flexibility index (Phi) is 4.10. The molecule has 0 saturated heterocycles. The molecule has 0 radical (unpaired) electrons. The second kappa shape index (κ2) is 6.20. The van der Waals surface area contributed by atoms with E-state index in [0.29, 0.717) is 16.9 Å². The number of nitrogens with one attached hydrogen (secondary N) is 2. The molecule has 2 amide bonds. The van der Waals surface area contributed by atoms with E-state index >= 15 is 0 Å². The van der Waals surface area contributed by atoms with Crippen LogP contribution in [-0.2, 0) is 16.0 Å². The second-order valence-corrected chi connectivity index (χ2v) is 5.58. The number of halogens is 1. The Morgan fingerprint density at radius 3 is 2.91 bits per heavy atom. The van der Waals surface area contributed by atoms with Crippen molar-refractivity contribution in [2.24, 2.45) is 0 Å². The Hall–Kier alpha value is -2.69. The van der Waals surface area contributed by atoms with Crippen molar-refractivity contribution >= 4 is 23.2 Å². The third-order valence-electron chi connectivity index (χ3n) is 3.97.